The molecule has 2 aromatic rings. The van der Waals surface area contributed by atoms with Crippen molar-refractivity contribution < 1.29 is 9.59 Å². The monoisotopic (exact) mass is 370 g/mol. The van der Waals surface area contributed by atoms with Crippen LogP contribution in [0, 0.1) is 13.8 Å². The van der Waals surface area contributed by atoms with Crippen molar-refractivity contribution in [2.75, 3.05) is 13.1 Å². The number of hydrogen-bond acceptors (Lipinski definition) is 2. The molecule has 136 valence electrons. The maximum atomic E-state index is 13.1. The predicted molar refractivity (Wildman–Crippen MR) is 104 cm³/mol. The highest BCUT2D eigenvalue weighted by atomic mass is 35.5. The molecule has 1 fully saturated rings. The molecule has 0 aliphatic carbocycles. The van der Waals surface area contributed by atoms with E-state index in [0.717, 1.165) is 22.3 Å². The first-order chi connectivity index (χ1) is 12.4. The molecule has 0 radical (unpaired) electrons. The van der Waals surface area contributed by atoms with E-state index in [2.05, 4.69) is 0 Å². The highest BCUT2D eigenvalue weighted by Gasteiger charge is 2.58. The lowest BCUT2D eigenvalue weighted by atomic mass is 9.87. The molecular weight excluding hydrogens is 348 g/mol. The Kier molecular flexibility index (Phi) is 4.80. The largest absolute Gasteiger partial charge is 0.276 e. The maximum absolute atomic E-state index is 13.1. The van der Waals surface area contributed by atoms with Gasteiger partial charge in [0.05, 0.1) is 0 Å². The molecule has 0 N–H and O–H groups in total. The highest BCUT2D eigenvalue weighted by Crippen LogP contribution is 2.42. The van der Waals surface area contributed by atoms with Crippen molar-refractivity contribution in [3.63, 3.8) is 0 Å². The van der Waals surface area contributed by atoms with Gasteiger partial charge >= 0.3 is 0 Å². The van der Waals surface area contributed by atoms with Crippen molar-refractivity contribution in [1.29, 1.82) is 0 Å². The summed E-state index contributed by atoms with van der Waals surface area (Å²) in [4.78, 5) is 24.4. The number of amides is 2. The lowest BCUT2D eigenvalue weighted by molar-refractivity contribution is -0.145. The molecule has 1 aliphatic heterocycles. The third kappa shape index (κ3) is 2.60. The van der Waals surface area contributed by atoms with Crippen LogP contribution >= 0.6 is 11.6 Å². The standard InChI is InChI=1S/C21H23ClN2O2/c1-5-23-19(25)21(22,20(26)24(23)6-2)18-13-17(14(3)12-15(18)4)16-10-8-7-9-11-16/h7-13H,5-6H2,1-4H3. The fraction of sp³-hybridized carbons (Fsp3) is 0.333. The fourth-order valence-corrected chi connectivity index (χ4v) is 4.08. The summed E-state index contributed by atoms with van der Waals surface area (Å²) >= 11 is 6.78. The van der Waals surface area contributed by atoms with Crippen molar-refractivity contribution in [3.8, 4) is 11.1 Å². The van der Waals surface area contributed by atoms with Gasteiger partial charge in [0, 0.05) is 13.1 Å². The molecule has 0 spiro atoms. The van der Waals surface area contributed by atoms with Gasteiger partial charge in [-0.3, -0.25) is 9.59 Å². The maximum Gasteiger partial charge on any atom is 0.276 e. The van der Waals surface area contributed by atoms with E-state index in [9.17, 15) is 9.59 Å². The van der Waals surface area contributed by atoms with Crippen LogP contribution in [0.1, 0.15) is 30.5 Å². The Morgan fingerprint density at radius 3 is 1.92 bits per heavy atom. The Morgan fingerprint density at radius 2 is 1.42 bits per heavy atom. The highest BCUT2D eigenvalue weighted by molar-refractivity contribution is 6.47. The Labute approximate surface area is 159 Å². The lowest BCUT2D eigenvalue weighted by Crippen LogP contribution is -2.40. The number of alkyl halides is 1. The molecule has 4 nitrogen and oxygen atoms in total. The second-order valence-electron chi connectivity index (χ2n) is 6.55. The van der Waals surface area contributed by atoms with Crippen LogP contribution in [0.15, 0.2) is 42.5 Å². The van der Waals surface area contributed by atoms with Gasteiger partial charge in [-0.05, 0) is 61.6 Å². The van der Waals surface area contributed by atoms with Crippen molar-refractivity contribution in [1.82, 2.24) is 10.0 Å². The predicted octanol–water partition coefficient (Wildman–Crippen LogP) is 4.03. The van der Waals surface area contributed by atoms with Gasteiger partial charge < -0.3 is 0 Å². The smallest absolute Gasteiger partial charge is 0.270 e. The molecule has 0 bridgehead atoms. The average Bonchev–Trinajstić information content (AvgIpc) is 2.83. The van der Waals surface area contributed by atoms with Crippen LogP contribution < -0.4 is 0 Å². The van der Waals surface area contributed by atoms with Gasteiger partial charge in [0.2, 0.25) is 4.87 Å². The number of halogens is 1. The zero-order chi connectivity index (χ0) is 19.1. The molecule has 0 saturated carbocycles. The van der Waals surface area contributed by atoms with E-state index >= 15 is 0 Å². The van der Waals surface area contributed by atoms with Crippen LogP contribution in [0.4, 0.5) is 0 Å². The molecule has 2 aromatic carbocycles. The van der Waals surface area contributed by atoms with Crippen LogP contribution in [0.3, 0.4) is 0 Å². The Hall–Kier alpha value is -2.33. The normalized spacial score (nSPS) is 16.5. The minimum Gasteiger partial charge on any atom is -0.270 e. The summed E-state index contributed by atoms with van der Waals surface area (Å²) in [5.74, 6) is -0.751. The molecule has 26 heavy (non-hydrogen) atoms. The third-order valence-corrected chi connectivity index (χ3v) is 5.50. The third-order valence-electron chi connectivity index (χ3n) is 4.98. The minimum atomic E-state index is -1.70. The molecule has 5 heteroatoms. The number of aryl methyl sites for hydroxylation is 2. The first kappa shape index (κ1) is 18.5. The van der Waals surface area contributed by atoms with Crippen LogP contribution in [0.2, 0.25) is 0 Å². The number of hydrazine groups is 1. The summed E-state index contributed by atoms with van der Waals surface area (Å²) in [5, 5.41) is 2.88. The first-order valence-corrected chi connectivity index (χ1v) is 9.23. The number of carbonyl (C=O) groups is 2. The van der Waals surface area contributed by atoms with Gasteiger partial charge in [-0.1, -0.05) is 48.0 Å². The molecule has 2 amide bonds. The van der Waals surface area contributed by atoms with E-state index in [4.69, 9.17) is 11.6 Å². The van der Waals surface area contributed by atoms with Crippen molar-refractivity contribution in [2.24, 2.45) is 0 Å². The summed E-state index contributed by atoms with van der Waals surface area (Å²) in [5.41, 5.74) is 4.49. The van der Waals surface area contributed by atoms with Crippen LogP contribution in [-0.2, 0) is 14.5 Å². The van der Waals surface area contributed by atoms with Crippen LogP contribution in [0.25, 0.3) is 11.1 Å². The fourth-order valence-electron chi connectivity index (χ4n) is 3.68. The molecule has 1 saturated heterocycles. The quantitative estimate of drug-likeness (QED) is 0.602. The Bertz CT molecular complexity index is 842. The van der Waals surface area contributed by atoms with Crippen LogP contribution in [0.5, 0.6) is 0 Å². The molecule has 0 aromatic heterocycles. The van der Waals surface area contributed by atoms with Gasteiger partial charge in [0.15, 0.2) is 0 Å². The number of likely N-dealkylation sites (N-methyl/N-ethyl adjacent to an activating group) is 2. The molecule has 1 aliphatic rings. The van der Waals surface area contributed by atoms with Gasteiger partial charge in [-0.15, -0.1) is 0 Å². The van der Waals surface area contributed by atoms with Gasteiger partial charge in [-0.2, -0.15) is 0 Å². The summed E-state index contributed by atoms with van der Waals surface area (Å²) < 4.78 is 0. The minimum absolute atomic E-state index is 0.375. The molecule has 0 unspecified atom stereocenters. The van der Waals surface area contributed by atoms with Gasteiger partial charge in [0.25, 0.3) is 11.8 Å². The van der Waals surface area contributed by atoms with Crippen molar-refractivity contribution in [3.05, 3.63) is 59.2 Å². The number of rotatable bonds is 4. The summed E-state index contributed by atoms with van der Waals surface area (Å²) in [6, 6.07) is 13.8. The topological polar surface area (TPSA) is 40.6 Å². The van der Waals surface area contributed by atoms with E-state index in [-0.39, 0.29) is 11.8 Å². The SMILES string of the molecule is CCN1C(=O)C(Cl)(c2cc(-c3ccccc3)c(C)cc2C)C(=O)N1CC. The zero-order valence-corrected chi connectivity index (χ0v) is 16.3. The van der Waals surface area contributed by atoms with E-state index < -0.39 is 4.87 Å². The van der Waals surface area contributed by atoms with E-state index in [0.29, 0.717) is 18.7 Å². The first-order valence-electron chi connectivity index (χ1n) is 8.86. The molecule has 1 heterocycles. The van der Waals surface area contributed by atoms with E-state index in [1.54, 1.807) is 0 Å². The van der Waals surface area contributed by atoms with E-state index in [1.165, 1.54) is 10.0 Å². The van der Waals surface area contributed by atoms with Gasteiger partial charge in [0.1, 0.15) is 0 Å². The van der Waals surface area contributed by atoms with E-state index in [1.807, 2.05) is 70.2 Å². The summed E-state index contributed by atoms with van der Waals surface area (Å²) in [7, 11) is 0. The molecule has 0 atom stereocenters. The number of carbonyl (C=O) groups excluding carboxylic acids is 2. The number of hydrogen-bond donors (Lipinski definition) is 0. The molecular formula is C21H23ClN2O2. The summed E-state index contributed by atoms with van der Waals surface area (Å²) in [6.07, 6.45) is 0. The van der Waals surface area contributed by atoms with Gasteiger partial charge in [-0.25, -0.2) is 10.0 Å². The number of benzene rings is 2. The van der Waals surface area contributed by atoms with Crippen molar-refractivity contribution in [2.45, 2.75) is 32.6 Å². The number of nitrogens with zero attached hydrogens (tertiary/aromatic N) is 2. The second-order valence-corrected chi connectivity index (χ2v) is 7.12. The zero-order valence-electron chi connectivity index (χ0n) is 15.5. The second kappa shape index (κ2) is 6.76. The summed E-state index contributed by atoms with van der Waals surface area (Å²) in [6.45, 7) is 8.41. The Morgan fingerprint density at radius 1 is 0.885 bits per heavy atom. The van der Waals surface area contributed by atoms with Crippen molar-refractivity contribution >= 4 is 23.4 Å². The molecule has 3 rings (SSSR count). The van der Waals surface area contributed by atoms with Crippen LogP contribution in [-0.4, -0.2) is 34.9 Å². The Balaban J connectivity index is 2.20. The lowest BCUT2D eigenvalue weighted by Gasteiger charge is -2.24. The average molecular weight is 371 g/mol.